The highest BCUT2D eigenvalue weighted by Crippen LogP contribution is 1.95. The highest BCUT2D eigenvalue weighted by molar-refractivity contribution is 4.56. The molecule has 3 nitrogen and oxygen atoms in total. The van der Waals surface area contributed by atoms with Crippen molar-refractivity contribution in [2.24, 2.45) is 0 Å². The third kappa shape index (κ3) is 9.80. The molecule has 0 saturated carbocycles. The van der Waals surface area contributed by atoms with Gasteiger partial charge in [-0.3, -0.25) is 0 Å². The lowest BCUT2D eigenvalue weighted by atomic mass is 10.3. The first-order chi connectivity index (χ1) is 6.16. The maximum atomic E-state index is 9.41. The largest absolute Gasteiger partial charge is 0.389 e. The van der Waals surface area contributed by atoms with Gasteiger partial charge >= 0.3 is 0 Å². The smallest absolute Gasteiger partial charge is 0.0899 e. The quantitative estimate of drug-likeness (QED) is 0.581. The van der Waals surface area contributed by atoms with Gasteiger partial charge in [-0.25, -0.2) is 0 Å². The molecule has 0 aromatic rings. The second kappa shape index (κ2) is 8.48. The molecule has 0 aromatic heterocycles. The molecule has 0 fully saturated rings. The second-order valence-corrected chi connectivity index (χ2v) is 3.70. The predicted molar refractivity (Wildman–Crippen MR) is 54.9 cm³/mol. The molecule has 0 radical (unpaired) electrons. The Bertz CT molecular complexity index is 107. The lowest BCUT2D eigenvalue weighted by Crippen LogP contribution is -2.29. The SMILES string of the molecule is CCCCCOCC(O)CN(C)C. The van der Waals surface area contributed by atoms with Gasteiger partial charge in [0, 0.05) is 13.2 Å². The summed E-state index contributed by atoms with van der Waals surface area (Å²) < 4.78 is 5.32. The fraction of sp³-hybridized carbons (Fsp3) is 1.00. The first-order valence-corrected chi connectivity index (χ1v) is 5.07. The van der Waals surface area contributed by atoms with Crippen molar-refractivity contribution < 1.29 is 9.84 Å². The minimum Gasteiger partial charge on any atom is -0.389 e. The van der Waals surface area contributed by atoms with Gasteiger partial charge < -0.3 is 14.7 Å². The minimum atomic E-state index is -0.350. The zero-order valence-electron chi connectivity index (χ0n) is 9.12. The molecular formula is C10H23NO2. The van der Waals surface area contributed by atoms with Gasteiger partial charge in [-0.05, 0) is 20.5 Å². The zero-order valence-corrected chi connectivity index (χ0v) is 9.12. The molecule has 1 N–H and O–H groups in total. The summed E-state index contributed by atoms with van der Waals surface area (Å²) in [5.41, 5.74) is 0. The maximum Gasteiger partial charge on any atom is 0.0899 e. The Balaban J connectivity index is 3.12. The Morgan fingerprint density at radius 3 is 2.54 bits per heavy atom. The summed E-state index contributed by atoms with van der Waals surface area (Å²) >= 11 is 0. The fourth-order valence-corrected chi connectivity index (χ4v) is 1.15. The van der Waals surface area contributed by atoms with E-state index in [1.54, 1.807) is 0 Å². The van der Waals surface area contributed by atoms with Gasteiger partial charge in [0.2, 0.25) is 0 Å². The molecule has 0 aliphatic carbocycles. The van der Waals surface area contributed by atoms with E-state index in [0.29, 0.717) is 13.2 Å². The van der Waals surface area contributed by atoms with Crippen molar-refractivity contribution in [1.29, 1.82) is 0 Å². The van der Waals surface area contributed by atoms with E-state index >= 15 is 0 Å². The molecule has 0 saturated heterocycles. The van der Waals surface area contributed by atoms with Crippen LogP contribution in [0.4, 0.5) is 0 Å². The first kappa shape index (κ1) is 12.9. The van der Waals surface area contributed by atoms with Gasteiger partial charge in [0.25, 0.3) is 0 Å². The van der Waals surface area contributed by atoms with Crippen molar-refractivity contribution >= 4 is 0 Å². The van der Waals surface area contributed by atoms with Crippen LogP contribution < -0.4 is 0 Å². The number of unbranched alkanes of at least 4 members (excludes halogenated alkanes) is 2. The van der Waals surface area contributed by atoms with Crippen LogP contribution in [0.2, 0.25) is 0 Å². The van der Waals surface area contributed by atoms with Crippen molar-refractivity contribution in [2.75, 3.05) is 33.9 Å². The van der Waals surface area contributed by atoms with Gasteiger partial charge in [-0.2, -0.15) is 0 Å². The number of hydrogen-bond acceptors (Lipinski definition) is 3. The van der Waals surface area contributed by atoms with Crippen LogP contribution in [0.3, 0.4) is 0 Å². The number of rotatable bonds is 8. The molecule has 1 atom stereocenters. The van der Waals surface area contributed by atoms with Gasteiger partial charge in [0.05, 0.1) is 12.7 Å². The van der Waals surface area contributed by atoms with E-state index in [1.165, 1.54) is 12.8 Å². The average molecular weight is 189 g/mol. The summed E-state index contributed by atoms with van der Waals surface area (Å²) in [7, 11) is 3.89. The second-order valence-electron chi connectivity index (χ2n) is 3.70. The van der Waals surface area contributed by atoms with Crippen LogP contribution in [-0.2, 0) is 4.74 Å². The number of ether oxygens (including phenoxy) is 1. The van der Waals surface area contributed by atoms with Crippen LogP contribution in [0, 0.1) is 0 Å². The molecule has 1 unspecified atom stereocenters. The van der Waals surface area contributed by atoms with Crippen molar-refractivity contribution in [3.63, 3.8) is 0 Å². The first-order valence-electron chi connectivity index (χ1n) is 5.07. The van der Waals surface area contributed by atoms with Crippen molar-refractivity contribution in [1.82, 2.24) is 4.90 Å². The normalized spacial score (nSPS) is 13.6. The molecule has 0 spiro atoms. The Kier molecular flexibility index (Phi) is 8.40. The van der Waals surface area contributed by atoms with Crippen LogP contribution in [0.1, 0.15) is 26.2 Å². The number of aliphatic hydroxyl groups excluding tert-OH is 1. The number of likely N-dealkylation sites (N-methyl/N-ethyl adjacent to an activating group) is 1. The lowest BCUT2D eigenvalue weighted by Gasteiger charge is -2.15. The molecule has 0 bridgehead atoms. The maximum absolute atomic E-state index is 9.41. The van der Waals surface area contributed by atoms with Gasteiger partial charge in [-0.15, -0.1) is 0 Å². The summed E-state index contributed by atoms with van der Waals surface area (Å²) in [5.74, 6) is 0. The lowest BCUT2D eigenvalue weighted by molar-refractivity contribution is 0.0230. The van der Waals surface area contributed by atoms with Crippen LogP contribution in [0.15, 0.2) is 0 Å². The third-order valence-corrected chi connectivity index (χ3v) is 1.78. The average Bonchev–Trinajstić information content (AvgIpc) is 2.02. The molecule has 0 rings (SSSR count). The van der Waals surface area contributed by atoms with Crippen molar-refractivity contribution in [2.45, 2.75) is 32.3 Å². The van der Waals surface area contributed by atoms with Crippen LogP contribution >= 0.6 is 0 Å². The molecule has 3 heteroatoms. The van der Waals surface area contributed by atoms with E-state index in [9.17, 15) is 5.11 Å². The summed E-state index contributed by atoms with van der Waals surface area (Å²) in [4.78, 5) is 1.96. The van der Waals surface area contributed by atoms with E-state index in [-0.39, 0.29) is 6.10 Å². The highest BCUT2D eigenvalue weighted by Gasteiger charge is 2.04. The van der Waals surface area contributed by atoms with E-state index in [1.807, 2.05) is 19.0 Å². The van der Waals surface area contributed by atoms with Crippen molar-refractivity contribution in [3.05, 3.63) is 0 Å². The van der Waals surface area contributed by atoms with Crippen LogP contribution in [0.5, 0.6) is 0 Å². The monoisotopic (exact) mass is 189 g/mol. The summed E-state index contributed by atoms with van der Waals surface area (Å²) in [6.45, 7) is 4.08. The highest BCUT2D eigenvalue weighted by atomic mass is 16.5. The molecule has 0 aromatic carbocycles. The standard InChI is InChI=1S/C10H23NO2/c1-4-5-6-7-13-9-10(12)8-11(2)3/h10,12H,4-9H2,1-3H3. The van der Waals surface area contributed by atoms with Crippen LogP contribution in [0.25, 0.3) is 0 Å². The minimum absolute atomic E-state index is 0.350. The number of nitrogens with zero attached hydrogens (tertiary/aromatic N) is 1. The van der Waals surface area contributed by atoms with E-state index in [2.05, 4.69) is 6.92 Å². The number of aliphatic hydroxyl groups is 1. The molecule has 0 amide bonds. The predicted octanol–water partition coefficient (Wildman–Crippen LogP) is 1.12. The third-order valence-electron chi connectivity index (χ3n) is 1.78. The van der Waals surface area contributed by atoms with E-state index in [0.717, 1.165) is 13.0 Å². The number of hydrogen-bond donors (Lipinski definition) is 1. The molecule has 0 aliphatic rings. The molecule has 80 valence electrons. The van der Waals surface area contributed by atoms with Crippen LogP contribution in [-0.4, -0.2) is 50.0 Å². The molecule has 0 aliphatic heterocycles. The summed E-state index contributed by atoms with van der Waals surface area (Å²) in [6, 6.07) is 0. The topological polar surface area (TPSA) is 32.7 Å². The van der Waals surface area contributed by atoms with Gasteiger partial charge in [0.15, 0.2) is 0 Å². The Morgan fingerprint density at radius 2 is 2.00 bits per heavy atom. The van der Waals surface area contributed by atoms with Crippen molar-refractivity contribution in [3.8, 4) is 0 Å². The summed E-state index contributed by atoms with van der Waals surface area (Å²) in [5, 5.41) is 9.41. The Hall–Kier alpha value is -0.120. The van der Waals surface area contributed by atoms with Gasteiger partial charge in [-0.1, -0.05) is 19.8 Å². The molecular weight excluding hydrogens is 166 g/mol. The molecule has 13 heavy (non-hydrogen) atoms. The molecule has 0 heterocycles. The Labute approximate surface area is 81.7 Å². The van der Waals surface area contributed by atoms with Gasteiger partial charge in [0.1, 0.15) is 0 Å². The zero-order chi connectivity index (χ0) is 10.1. The van der Waals surface area contributed by atoms with E-state index in [4.69, 9.17) is 4.74 Å². The fourth-order valence-electron chi connectivity index (χ4n) is 1.15. The Morgan fingerprint density at radius 1 is 1.31 bits per heavy atom. The summed E-state index contributed by atoms with van der Waals surface area (Å²) in [6.07, 6.45) is 3.18. The van der Waals surface area contributed by atoms with E-state index < -0.39 is 0 Å².